The molecule has 1 aromatic heterocycles. The smallest absolute Gasteiger partial charge is 0.246 e. The van der Waals surface area contributed by atoms with E-state index in [4.69, 9.17) is 0 Å². The number of aromatic nitrogens is 1. The molecule has 1 saturated heterocycles. The number of nitrogens with zero attached hydrogens (tertiary/aromatic N) is 3. The van der Waals surface area contributed by atoms with Gasteiger partial charge in [0, 0.05) is 31.4 Å². The average molecular weight is 432 g/mol. The molecule has 0 atom stereocenters. The first-order valence-electron chi connectivity index (χ1n) is 12.4. The van der Waals surface area contributed by atoms with Gasteiger partial charge < -0.3 is 9.80 Å². The molecule has 0 N–H and O–H groups in total. The zero-order valence-corrected chi connectivity index (χ0v) is 19.5. The number of hydrogen-bond acceptors (Lipinski definition) is 3. The van der Waals surface area contributed by atoms with Gasteiger partial charge in [0.25, 0.3) is 0 Å². The minimum absolute atomic E-state index is 0.157. The number of amides is 1. The Bertz CT molecular complexity index is 881. The van der Waals surface area contributed by atoms with Crippen molar-refractivity contribution in [3.63, 3.8) is 0 Å². The van der Waals surface area contributed by atoms with Crippen molar-refractivity contribution in [2.24, 2.45) is 5.92 Å². The molecule has 4 nitrogen and oxygen atoms in total. The second kappa shape index (κ2) is 11.4. The summed E-state index contributed by atoms with van der Waals surface area (Å²) in [6.45, 7) is 6.54. The molecule has 2 heterocycles. The van der Waals surface area contributed by atoms with Crippen molar-refractivity contribution < 1.29 is 4.79 Å². The first kappa shape index (κ1) is 22.7. The lowest BCUT2D eigenvalue weighted by atomic mass is 9.94. The van der Waals surface area contributed by atoms with Gasteiger partial charge in [-0.05, 0) is 87.4 Å². The van der Waals surface area contributed by atoms with Crippen LogP contribution >= 0.6 is 0 Å². The maximum Gasteiger partial charge on any atom is 0.246 e. The fraction of sp³-hybridized carbons (Fsp3) is 0.500. The van der Waals surface area contributed by atoms with Crippen LogP contribution in [0.15, 0.2) is 54.7 Å². The lowest BCUT2D eigenvalue weighted by molar-refractivity contribution is -0.129. The van der Waals surface area contributed by atoms with Crippen LogP contribution in [0.25, 0.3) is 6.08 Å². The summed E-state index contributed by atoms with van der Waals surface area (Å²) in [6, 6.07) is 14.9. The minimum Gasteiger partial charge on any atom is -0.336 e. The minimum atomic E-state index is 0.157. The summed E-state index contributed by atoms with van der Waals surface area (Å²) in [6.07, 6.45) is 13.7. The molecule has 170 valence electrons. The molecule has 2 aliphatic rings. The van der Waals surface area contributed by atoms with E-state index in [2.05, 4.69) is 46.0 Å². The van der Waals surface area contributed by atoms with Crippen LogP contribution in [-0.4, -0.2) is 52.9 Å². The molecule has 0 radical (unpaired) electrons. The zero-order chi connectivity index (χ0) is 22.2. The van der Waals surface area contributed by atoms with Gasteiger partial charge in [0.15, 0.2) is 0 Å². The highest BCUT2D eigenvalue weighted by atomic mass is 16.2. The molecule has 1 aliphatic heterocycles. The predicted molar refractivity (Wildman–Crippen MR) is 131 cm³/mol. The number of likely N-dealkylation sites (tertiary alicyclic amines) is 1. The quantitative estimate of drug-likeness (QED) is 0.544. The molecule has 0 unspecified atom stereocenters. The van der Waals surface area contributed by atoms with Gasteiger partial charge in [-0.2, -0.15) is 0 Å². The van der Waals surface area contributed by atoms with Crippen LogP contribution in [-0.2, 0) is 11.2 Å². The molecular weight excluding hydrogens is 394 g/mol. The Labute approximate surface area is 193 Å². The number of carbonyl (C=O) groups excluding carboxylic acids is 1. The normalized spacial score (nSPS) is 18.4. The summed E-state index contributed by atoms with van der Waals surface area (Å²) < 4.78 is 0. The Morgan fingerprint density at radius 1 is 1.06 bits per heavy atom. The van der Waals surface area contributed by atoms with Gasteiger partial charge in [-0.1, -0.05) is 43.2 Å². The van der Waals surface area contributed by atoms with Crippen LogP contribution < -0.4 is 0 Å². The zero-order valence-electron chi connectivity index (χ0n) is 19.5. The number of benzene rings is 1. The molecule has 1 aromatic carbocycles. The van der Waals surface area contributed by atoms with Crippen molar-refractivity contribution >= 4 is 12.0 Å². The number of aryl methyl sites for hydroxylation is 1. The van der Waals surface area contributed by atoms with E-state index in [0.717, 1.165) is 51.1 Å². The number of pyridine rings is 1. The van der Waals surface area contributed by atoms with E-state index in [1.54, 1.807) is 12.3 Å². The van der Waals surface area contributed by atoms with Gasteiger partial charge in [0.2, 0.25) is 5.91 Å². The fourth-order valence-corrected chi connectivity index (χ4v) is 5.20. The number of carbonyl (C=O) groups is 1. The second-order valence-electron chi connectivity index (χ2n) is 9.48. The fourth-order valence-electron chi connectivity index (χ4n) is 5.20. The molecular formula is C28H37N3O. The van der Waals surface area contributed by atoms with Crippen molar-refractivity contribution in [1.82, 2.24) is 14.8 Å². The average Bonchev–Trinajstić information content (AvgIpc) is 3.36. The topological polar surface area (TPSA) is 36.4 Å². The number of rotatable bonds is 8. The van der Waals surface area contributed by atoms with Crippen molar-refractivity contribution in [2.45, 2.75) is 57.9 Å². The Balaban J connectivity index is 1.29. The Hall–Kier alpha value is -2.46. The van der Waals surface area contributed by atoms with E-state index in [9.17, 15) is 4.79 Å². The van der Waals surface area contributed by atoms with E-state index in [1.807, 2.05) is 24.3 Å². The Morgan fingerprint density at radius 2 is 1.81 bits per heavy atom. The highest BCUT2D eigenvalue weighted by molar-refractivity contribution is 5.91. The molecule has 2 fully saturated rings. The third kappa shape index (κ3) is 6.29. The van der Waals surface area contributed by atoms with Gasteiger partial charge in [0.1, 0.15) is 0 Å². The first-order valence-corrected chi connectivity index (χ1v) is 12.4. The summed E-state index contributed by atoms with van der Waals surface area (Å²) in [5.41, 5.74) is 3.70. The standard InChI is InChI=1S/C28H37N3O/c1-23-8-2-3-9-25(23)17-21-30-19-15-24(16-20-30)22-31(27-11-4-5-12-27)28(32)14-13-26-10-6-7-18-29-26/h2-3,6-10,13-14,18,24,27H,4-5,11-12,15-17,19-22H2,1H3. The third-order valence-electron chi connectivity index (χ3n) is 7.25. The maximum absolute atomic E-state index is 13.1. The SMILES string of the molecule is Cc1ccccc1CCN1CCC(CN(C(=O)C=Cc2ccccn2)C2CCCC2)CC1. The summed E-state index contributed by atoms with van der Waals surface area (Å²) in [4.78, 5) is 22.2. The molecule has 4 rings (SSSR count). The maximum atomic E-state index is 13.1. The first-order chi connectivity index (χ1) is 15.7. The van der Waals surface area contributed by atoms with E-state index in [0.29, 0.717) is 12.0 Å². The van der Waals surface area contributed by atoms with E-state index < -0.39 is 0 Å². The molecule has 1 saturated carbocycles. The van der Waals surface area contributed by atoms with Gasteiger partial charge in [-0.15, -0.1) is 0 Å². The Morgan fingerprint density at radius 3 is 2.53 bits per heavy atom. The van der Waals surface area contributed by atoms with Crippen molar-refractivity contribution in [3.05, 3.63) is 71.6 Å². The molecule has 32 heavy (non-hydrogen) atoms. The van der Waals surface area contributed by atoms with Gasteiger partial charge in [-0.3, -0.25) is 9.78 Å². The van der Waals surface area contributed by atoms with Gasteiger partial charge in [-0.25, -0.2) is 0 Å². The van der Waals surface area contributed by atoms with Crippen molar-refractivity contribution in [2.75, 3.05) is 26.2 Å². The second-order valence-corrected chi connectivity index (χ2v) is 9.48. The van der Waals surface area contributed by atoms with Crippen LogP contribution in [0.2, 0.25) is 0 Å². The molecule has 1 amide bonds. The van der Waals surface area contributed by atoms with E-state index >= 15 is 0 Å². The summed E-state index contributed by atoms with van der Waals surface area (Å²) in [7, 11) is 0. The highest BCUT2D eigenvalue weighted by Crippen LogP contribution is 2.27. The molecule has 4 heteroatoms. The lowest BCUT2D eigenvalue weighted by Crippen LogP contribution is -2.44. The third-order valence-corrected chi connectivity index (χ3v) is 7.25. The molecule has 1 aliphatic carbocycles. The van der Waals surface area contributed by atoms with Crippen LogP contribution in [0.1, 0.15) is 55.3 Å². The number of piperidine rings is 1. The van der Waals surface area contributed by atoms with E-state index in [-0.39, 0.29) is 5.91 Å². The predicted octanol–water partition coefficient (Wildman–Crippen LogP) is 5.13. The highest BCUT2D eigenvalue weighted by Gasteiger charge is 2.29. The van der Waals surface area contributed by atoms with Gasteiger partial charge >= 0.3 is 0 Å². The van der Waals surface area contributed by atoms with Crippen LogP contribution in [0.5, 0.6) is 0 Å². The molecule has 2 aromatic rings. The Kier molecular flexibility index (Phi) is 8.11. The summed E-state index contributed by atoms with van der Waals surface area (Å²) >= 11 is 0. The monoisotopic (exact) mass is 431 g/mol. The largest absolute Gasteiger partial charge is 0.336 e. The summed E-state index contributed by atoms with van der Waals surface area (Å²) in [5, 5.41) is 0. The van der Waals surface area contributed by atoms with Crippen molar-refractivity contribution in [3.8, 4) is 0 Å². The lowest BCUT2D eigenvalue weighted by Gasteiger charge is -2.37. The van der Waals surface area contributed by atoms with Crippen molar-refractivity contribution in [1.29, 1.82) is 0 Å². The van der Waals surface area contributed by atoms with Crippen LogP contribution in [0, 0.1) is 12.8 Å². The van der Waals surface area contributed by atoms with Crippen LogP contribution in [0.3, 0.4) is 0 Å². The number of hydrogen-bond donors (Lipinski definition) is 0. The molecule has 0 bridgehead atoms. The van der Waals surface area contributed by atoms with Crippen LogP contribution in [0.4, 0.5) is 0 Å². The van der Waals surface area contributed by atoms with Gasteiger partial charge in [0.05, 0.1) is 5.69 Å². The summed E-state index contributed by atoms with van der Waals surface area (Å²) in [5.74, 6) is 0.766. The molecule has 0 spiro atoms. The van der Waals surface area contributed by atoms with E-state index in [1.165, 1.54) is 36.8 Å².